The molecule has 1 unspecified atom stereocenters. The minimum absolute atomic E-state index is 0.0490. The van der Waals surface area contributed by atoms with Crippen LogP contribution >= 0.6 is 0 Å². The summed E-state index contributed by atoms with van der Waals surface area (Å²) in [5.74, 6) is 0.560. The van der Waals surface area contributed by atoms with Crippen LogP contribution in [0.15, 0.2) is 18.2 Å². The number of likely N-dealkylation sites (tertiary alicyclic amines) is 1. The smallest absolute Gasteiger partial charge is 0.253 e. The number of nitrogens with one attached hydrogen (secondary N) is 1. The Kier molecular flexibility index (Phi) is 4.83. The van der Waals surface area contributed by atoms with Gasteiger partial charge in [-0.3, -0.25) is 9.10 Å². The maximum Gasteiger partial charge on any atom is 0.253 e. The van der Waals surface area contributed by atoms with Gasteiger partial charge in [0.2, 0.25) is 10.0 Å². The first-order valence-electron chi connectivity index (χ1n) is 8.44. The highest BCUT2D eigenvalue weighted by molar-refractivity contribution is 7.92. The van der Waals surface area contributed by atoms with Crippen LogP contribution in [0.2, 0.25) is 0 Å². The van der Waals surface area contributed by atoms with Crippen LogP contribution in [0, 0.1) is 5.92 Å². The minimum Gasteiger partial charge on any atom is -0.338 e. The molecule has 1 fully saturated rings. The summed E-state index contributed by atoms with van der Waals surface area (Å²) in [5, 5.41) is 3.17. The number of anilines is 1. The number of rotatable bonds is 4. The first kappa shape index (κ1) is 17.2. The van der Waals surface area contributed by atoms with E-state index >= 15 is 0 Å². The van der Waals surface area contributed by atoms with Gasteiger partial charge in [-0.1, -0.05) is 0 Å². The van der Waals surface area contributed by atoms with Gasteiger partial charge < -0.3 is 10.2 Å². The van der Waals surface area contributed by atoms with Gasteiger partial charge in [0.05, 0.1) is 11.9 Å². The van der Waals surface area contributed by atoms with Gasteiger partial charge in [0.15, 0.2) is 0 Å². The van der Waals surface area contributed by atoms with Gasteiger partial charge in [0.25, 0.3) is 5.91 Å². The van der Waals surface area contributed by atoms with Crippen LogP contribution in [0.25, 0.3) is 0 Å². The van der Waals surface area contributed by atoms with E-state index in [-0.39, 0.29) is 5.91 Å². The molecule has 0 aromatic heterocycles. The van der Waals surface area contributed by atoms with E-state index in [0.29, 0.717) is 18.0 Å². The molecule has 0 spiro atoms. The number of nitrogens with zero attached hydrogens (tertiary/aromatic N) is 2. The van der Waals surface area contributed by atoms with Crippen LogP contribution in [-0.2, 0) is 16.4 Å². The summed E-state index contributed by atoms with van der Waals surface area (Å²) in [4.78, 5) is 14.6. The van der Waals surface area contributed by atoms with Crippen LogP contribution in [0.1, 0.15) is 28.8 Å². The fourth-order valence-electron chi connectivity index (χ4n) is 3.70. The topological polar surface area (TPSA) is 69.7 Å². The van der Waals surface area contributed by atoms with Crippen molar-refractivity contribution in [2.45, 2.75) is 19.3 Å². The third-order valence-corrected chi connectivity index (χ3v) is 6.05. The Balaban J connectivity index is 1.80. The quantitative estimate of drug-likeness (QED) is 0.881. The average Bonchev–Trinajstić information content (AvgIpc) is 3.01. The monoisotopic (exact) mass is 351 g/mol. The van der Waals surface area contributed by atoms with Gasteiger partial charge in [0, 0.05) is 25.2 Å². The maximum atomic E-state index is 12.7. The molecule has 7 heteroatoms. The molecule has 1 amide bonds. The van der Waals surface area contributed by atoms with Crippen molar-refractivity contribution in [3.8, 4) is 0 Å². The minimum atomic E-state index is -3.27. The van der Waals surface area contributed by atoms with Crippen LogP contribution in [0.3, 0.4) is 0 Å². The van der Waals surface area contributed by atoms with E-state index in [0.717, 1.165) is 50.1 Å². The molecule has 132 valence electrons. The SMILES string of the molecule is CNCC1CCN(C(=O)c2ccc3c(c2)CCCN3S(C)(=O)=O)C1. The Morgan fingerprint density at radius 2 is 2.12 bits per heavy atom. The fraction of sp³-hybridized carbons (Fsp3) is 0.588. The maximum absolute atomic E-state index is 12.7. The summed E-state index contributed by atoms with van der Waals surface area (Å²) in [5.41, 5.74) is 2.33. The zero-order chi connectivity index (χ0) is 17.3. The number of carbonyl (C=O) groups is 1. The van der Waals surface area contributed by atoms with E-state index in [1.54, 1.807) is 12.1 Å². The summed E-state index contributed by atoms with van der Waals surface area (Å²) in [6.07, 6.45) is 3.85. The molecular weight excluding hydrogens is 326 g/mol. The van der Waals surface area contributed by atoms with Crippen molar-refractivity contribution in [3.63, 3.8) is 0 Å². The number of benzene rings is 1. The van der Waals surface area contributed by atoms with E-state index in [9.17, 15) is 13.2 Å². The van der Waals surface area contributed by atoms with Gasteiger partial charge in [0.1, 0.15) is 0 Å². The van der Waals surface area contributed by atoms with Crippen LogP contribution < -0.4 is 9.62 Å². The summed E-state index contributed by atoms with van der Waals surface area (Å²) < 4.78 is 25.3. The second-order valence-corrected chi connectivity index (χ2v) is 8.65. The number of sulfonamides is 1. The number of hydrogen-bond donors (Lipinski definition) is 1. The van der Waals surface area contributed by atoms with Gasteiger partial charge in [-0.05, 0) is 62.5 Å². The van der Waals surface area contributed by atoms with E-state index in [1.165, 1.54) is 10.6 Å². The van der Waals surface area contributed by atoms with Gasteiger partial charge in [-0.2, -0.15) is 0 Å². The molecule has 1 aromatic rings. The second-order valence-electron chi connectivity index (χ2n) is 6.75. The molecular formula is C17H25N3O3S. The second kappa shape index (κ2) is 6.72. The molecule has 2 aliphatic heterocycles. The molecule has 1 N–H and O–H groups in total. The number of fused-ring (bicyclic) bond motifs is 1. The van der Waals surface area contributed by atoms with Crippen molar-refractivity contribution in [2.24, 2.45) is 5.92 Å². The molecule has 6 nitrogen and oxygen atoms in total. The molecule has 24 heavy (non-hydrogen) atoms. The first-order chi connectivity index (χ1) is 11.4. The van der Waals surface area contributed by atoms with Crippen LogP contribution in [-0.4, -0.2) is 58.7 Å². The Morgan fingerprint density at radius 1 is 1.33 bits per heavy atom. The molecule has 0 aliphatic carbocycles. The number of carbonyl (C=O) groups excluding carboxylic acids is 1. The van der Waals surface area contributed by atoms with Crippen molar-refractivity contribution >= 4 is 21.6 Å². The lowest BCUT2D eigenvalue weighted by Crippen LogP contribution is -2.35. The number of aryl methyl sites for hydroxylation is 1. The van der Waals surface area contributed by atoms with E-state index in [4.69, 9.17) is 0 Å². The Bertz CT molecular complexity index is 733. The summed E-state index contributed by atoms with van der Waals surface area (Å²) >= 11 is 0. The van der Waals surface area contributed by atoms with Crippen molar-refractivity contribution in [1.82, 2.24) is 10.2 Å². The largest absolute Gasteiger partial charge is 0.338 e. The lowest BCUT2D eigenvalue weighted by Gasteiger charge is -2.29. The average molecular weight is 351 g/mol. The highest BCUT2D eigenvalue weighted by Crippen LogP contribution is 2.30. The summed E-state index contributed by atoms with van der Waals surface area (Å²) in [6.45, 7) is 3.01. The van der Waals surface area contributed by atoms with Crippen molar-refractivity contribution < 1.29 is 13.2 Å². The highest BCUT2D eigenvalue weighted by atomic mass is 32.2. The summed E-state index contributed by atoms with van der Waals surface area (Å²) in [6, 6.07) is 5.42. The fourth-order valence-corrected chi connectivity index (χ4v) is 4.69. The Morgan fingerprint density at radius 3 is 2.83 bits per heavy atom. The molecule has 3 rings (SSSR count). The zero-order valence-electron chi connectivity index (χ0n) is 14.3. The third kappa shape index (κ3) is 3.42. The molecule has 1 aromatic carbocycles. The molecule has 0 saturated carbocycles. The van der Waals surface area contributed by atoms with Gasteiger partial charge in [-0.15, -0.1) is 0 Å². The molecule has 2 aliphatic rings. The molecule has 0 radical (unpaired) electrons. The van der Waals surface area contributed by atoms with E-state index < -0.39 is 10.0 Å². The van der Waals surface area contributed by atoms with Crippen LogP contribution in [0.4, 0.5) is 5.69 Å². The highest BCUT2D eigenvalue weighted by Gasteiger charge is 2.28. The van der Waals surface area contributed by atoms with Crippen LogP contribution in [0.5, 0.6) is 0 Å². The lowest BCUT2D eigenvalue weighted by atomic mass is 10.0. The summed E-state index contributed by atoms with van der Waals surface area (Å²) in [7, 11) is -1.34. The van der Waals surface area contributed by atoms with Crippen molar-refractivity contribution in [1.29, 1.82) is 0 Å². The lowest BCUT2D eigenvalue weighted by molar-refractivity contribution is 0.0787. The van der Waals surface area contributed by atoms with E-state index in [2.05, 4.69) is 5.32 Å². The third-order valence-electron chi connectivity index (χ3n) is 4.87. The predicted octanol–water partition coefficient (Wildman–Crippen LogP) is 1.08. The molecule has 0 bridgehead atoms. The normalized spacial score (nSPS) is 21.0. The first-order valence-corrected chi connectivity index (χ1v) is 10.3. The predicted molar refractivity (Wildman–Crippen MR) is 94.9 cm³/mol. The van der Waals surface area contributed by atoms with Gasteiger partial charge >= 0.3 is 0 Å². The molecule has 2 heterocycles. The number of hydrogen-bond acceptors (Lipinski definition) is 4. The van der Waals surface area contributed by atoms with Crippen molar-refractivity contribution in [2.75, 3.05) is 43.8 Å². The Labute approximate surface area is 143 Å². The van der Waals surface area contributed by atoms with E-state index in [1.807, 2.05) is 18.0 Å². The molecule has 1 saturated heterocycles. The standard InChI is InChI=1S/C17H25N3O3S/c1-18-11-13-7-9-19(12-13)17(21)15-5-6-16-14(10-15)4-3-8-20(16)24(2,22)23/h5-6,10,13,18H,3-4,7-9,11-12H2,1-2H3. The zero-order valence-corrected chi connectivity index (χ0v) is 15.1. The van der Waals surface area contributed by atoms with Gasteiger partial charge in [-0.25, -0.2) is 8.42 Å². The Hall–Kier alpha value is -1.60. The number of amides is 1. The van der Waals surface area contributed by atoms with Crippen molar-refractivity contribution in [3.05, 3.63) is 29.3 Å². The molecule has 1 atom stereocenters.